The van der Waals surface area contributed by atoms with E-state index in [0.717, 1.165) is 28.6 Å². The maximum atomic E-state index is 12.8. The van der Waals surface area contributed by atoms with Gasteiger partial charge >= 0.3 is 0 Å². The molecule has 106 valence electrons. The number of hydrogen-bond donors (Lipinski definition) is 1. The normalized spacial score (nSPS) is 26.6. The summed E-state index contributed by atoms with van der Waals surface area (Å²) in [5.74, 6) is 0.184. The predicted octanol–water partition coefficient (Wildman–Crippen LogP) is 2.39. The lowest BCUT2D eigenvalue weighted by molar-refractivity contribution is -0.136. The first-order valence-electron chi connectivity index (χ1n) is 6.80. The summed E-state index contributed by atoms with van der Waals surface area (Å²) >= 11 is 3.45. The zero-order valence-corrected chi connectivity index (χ0v) is 13.2. The topological polar surface area (TPSA) is 49.4 Å². The molecule has 2 fully saturated rings. The molecular formula is C15H17BrN2O2. The second-order valence-electron chi connectivity index (χ2n) is 5.90. The summed E-state index contributed by atoms with van der Waals surface area (Å²) < 4.78 is 0.916. The molecule has 1 saturated heterocycles. The van der Waals surface area contributed by atoms with Crippen LogP contribution in [0.3, 0.4) is 0 Å². The summed E-state index contributed by atoms with van der Waals surface area (Å²) in [7, 11) is 0. The van der Waals surface area contributed by atoms with E-state index in [4.69, 9.17) is 0 Å². The number of anilines is 1. The van der Waals surface area contributed by atoms with Crippen molar-refractivity contribution in [1.82, 2.24) is 5.32 Å². The summed E-state index contributed by atoms with van der Waals surface area (Å²) in [6, 6.07) is 5.81. The molecule has 1 heterocycles. The van der Waals surface area contributed by atoms with Crippen LogP contribution in [-0.2, 0) is 9.59 Å². The fourth-order valence-electron chi connectivity index (χ4n) is 2.90. The Balaban J connectivity index is 1.99. The Bertz CT molecular complexity index is 577. The minimum Gasteiger partial charge on any atom is -0.340 e. The molecule has 1 aliphatic carbocycles. The molecule has 1 saturated carbocycles. The number of benzene rings is 1. The van der Waals surface area contributed by atoms with Gasteiger partial charge in [-0.1, -0.05) is 15.9 Å². The maximum absolute atomic E-state index is 12.8. The monoisotopic (exact) mass is 336 g/mol. The number of hydrogen-bond acceptors (Lipinski definition) is 2. The zero-order valence-electron chi connectivity index (χ0n) is 11.6. The molecule has 1 aliphatic heterocycles. The molecule has 20 heavy (non-hydrogen) atoms. The highest BCUT2D eigenvalue weighted by molar-refractivity contribution is 9.10. The highest BCUT2D eigenvalue weighted by Gasteiger charge is 2.52. The van der Waals surface area contributed by atoms with Crippen molar-refractivity contribution in [2.45, 2.75) is 32.2 Å². The van der Waals surface area contributed by atoms with Gasteiger partial charge in [0.25, 0.3) is 5.91 Å². The van der Waals surface area contributed by atoms with Gasteiger partial charge in [0.2, 0.25) is 5.91 Å². The second-order valence-corrected chi connectivity index (χ2v) is 6.82. The van der Waals surface area contributed by atoms with E-state index in [9.17, 15) is 9.59 Å². The van der Waals surface area contributed by atoms with Gasteiger partial charge in [-0.15, -0.1) is 0 Å². The molecule has 1 unspecified atom stereocenters. The van der Waals surface area contributed by atoms with E-state index in [1.807, 2.05) is 32.0 Å². The first-order chi connectivity index (χ1) is 9.40. The van der Waals surface area contributed by atoms with Crippen LogP contribution in [0.15, 0.2) is 22.7 Å². The van der Waals surface area contributed by atoms with Gasteiger partial charge in [-0.3, -0.25) is 9.59 Å². The average Bonchev–Trinajstić information content (AvgIpc) is 3.16. The van der Waals surface area contributed by atoms with Crippen LogP contribution in [0.5, 0.6) is 0 Å². The summed E-state index contributed by atoms with van der Waals surface area (Å²) in [5, 5.41) is 2.89. The molecule has 0 aromatic heterocycles. The zero-order chi connectivity index (χ0) is 14.5. The fourth-order valence-corrected chi connectivity index (χ4v) is 3.49. The van der Waals surface area contributed by atoms with Crippen LogP contribution in [0.25, 0.3) is 0 Å². The van der Waals surface area contributed by atoms with E-state index in [2.05, 4.69) is 21.2 Å². The number of nitrogens with zero attached hydrogens (tertiary/aromatic N) is 1. The Labute approximate surface area is 126 Å². The van der Waals surface area contributed by atoms with Crippen molar-refractivity contribution in [1.29, 1.82) is 0 Å². The lowest BCUT2D eigenvalue weighted by Gasteiger charge is -2.40. The standard InChI is InChI=1S/C15H17BrN2O2/c1-9-5-11(16)7-12(6-9)18-8-13(19)17-15(2,14(18)20)10-3-4-10/h5-7,10H,3-4,8H2,1-2H3,(H,17,19). The summed E-state index contributed by atoms with van der Waals surface area (Å²) in [6.45, 7) is 3.92. The van der Waals surface area contributed by atoms with Crippen molar-refractivity contribution in [3.05, 3.63) is 28.2 Å². The lowest BCUT2D eigenvalue weighted by Crippen LogP contribution is -2.66. The Morgan fingerprint density at radius 3 is 2.60 bits per heavy atom. The van der Waals surface area contributed by atoms with Gasteiger partial charge in [-0.2, -0.15) is 0 Å². The molecule has 0 radical (unpaired) electrons. The van der Waals surface area contributed by atoms with Crippen LogP contribution in [0.4, 0.5) is 5.69 Å². The largest absolute Gasteiger partial charge is 0.340 e. The molecule has 5 heteroatoms. The SMILES string of the molecule is Cc1cc(Br)cc(N2CC(=O)NC(C)(C3CC3)C2=O)c1. The first-order valence-corrected chi connectivity index (χ1v) is 7.59. The quantitative estimate of drug-likeness (QED) is 0.901. The molecule has 4 nitrogen and oxygen atoms in total. The molecule has 1 atom stereocenters. The van der Waals surface area contributed by atoms with Crippen molar-refractivity contribution in [3.63, 3.8) is 0 Å². The van der Waals surface area contributed by atoms with Crippen molar-refractivity contribution in [2.24, 2.45) is 5.92 Å². The number of piperazine rings is 1. The average molecular weight is 337 g/mol. The van der Waals surface area contributed by atoms with Gasteiger partial charge in [0.15, 0.2) is 0 Å². The third-order valence-corrected chi connectivity index (χ3v) is 4.58. The molecular weight excluding hydrogens is 320 g/mol. The smallest absolute Gasteiger partial charge is 0.253 e. The minimum absolute atomic E-state index is 0.00269. The van der Waals surface area contributed by atoms with Gasteiger partial charge in [-0.25, -0.2) is 0 Å². The molecule has 2 aliphatic rings. The number of carbonyl (C=O) groups is 2. The Morgan fingerprint density at radius 2 is 2.00 bits per heavy atom. The first kappa shape index (κ1) is 13.6. The maximum Gasteiger partial charge on any atom is 0.253 e. The minimum atomic E-state index is -0.744. The second kappa shape index (κ2) is 4.58. The summed E-state index contributed by atoms with van der Waals surface area (Å²) in [4.78, 5) is 26.4. The summed E-state index contributed by atoms with van der Waals surface area (Å²) in [6.07, 6.45) is 2.02. The van der Waals surface area contributed by atoms with Crippen LogP contribution < -0.4 is 10.2 Å². The van der Waals surface area contributed by atoms with Gasteiger partial charge in [0, 0.05) is 10.2 Å². The van der Waals surface area contributed by atoms with Crippen molar-refractivity contribution < 1.29 is 9.59 Å². The van der Waals surface area contributed by atoms with Gasteiger partial charge in [0.1, 0.15) is 12.1 Å². The highest BCUT2D eigenvalue weighted by Crippen LogP contribution is 2.42. The van der Waals surface area contributed by atoms with Gasteiger partial charge in [0.05, 0.1) is 0 Å². The van der Waals surface area contributed by atoms with Crippen LogP contribution in [-0.4, -0.2) is 23.9 Å². The Hall–Kier alpha value is -1.36. The highest BCUT2D eigenvalue weighted by atomic mass is 79.9. The molecule has 0 spiro atoms. The van der Waals surface area contributed by atoms with E-state index >= 15 is 0 Å². The fraction of sp³-hybridized carbons (Fsp3) is 0.467. The number of amides is 2. The number of aryl methyl sites for hydroxylation is 1. The summed E-state index contributed by atoms with van der Waals surface area (Å²) in [5.41, 5.74) is 1.09. The third kappa shape index (κ3) is 2.24. The molecule has 0 bridgehead atoms. The van der Waals surface area contributed by atoms with Gasteiger partial charge in [-0.05, 0) is 56.4 Å². The van der Waals surface area contributed by atoms with Crippen LogP contribution >= 0.6 is 15.9 Å². The van der Waals surface area contributed by atoms with Crippen molar-refractivity contribution in [3.8, 4) is 0 Å². The number of carbonyl (C=O) groups excluding carboxylic acids is 2. The van der Waals surface area contributed by atoms with Gasteiger partial charge < -0.3 is 10.2 Å². The van der Waals surface area contributed by atoms with Crippen molar-refractivity contribution >= 4 is 33.4 Å². The van der Waals surface area contributed by atoms with Crippen LogP contribution in [0.2, 0.25) is 0 Å². The van der Waals surface area contributed by atoms with E-state index in [-0.39, 0.29) is 24.3 Å². The number of halogens is 1. The number of nitrogens with one attached hydrogen (secondary N) is 1. The molecule has 2 amide bonds. The van der Waals surface area contributed by atoms with E-state index < -0.39 is 5.54 Å². The van der Waals surface area contributed by atoms with Crippen LogP contribution in [0, 0.1) is 12.8 Å². The van der Waals surface area contributed by atoms with Crippen LogP contribution in [0.1, 0.15) is 25.3 Å². The van der Waals surface area contributed by atoms with E-state index in [0.29, 0.717) is 0 Å². The Morgan fingerprint density at radius 1 is 1.30 bits per heavy atom. The molecule has 1 aromatic carbocycles. The predicted molar refractivity (Wildman–Crippen MR) is 80.5 cm³/mol. The Kier molecular flexibility index (Phi) is 3.12. The van der Waals surface area contributed by atoms with Crippen molar-refractivity contribution in [2.75, 3.05) is 11.4 Å². The molecule has 1 aromatic rings. The van der Waals surface area contributed by atoms with E-state index in [1.165, 1.54) is 0 Å². The number of rotatable bonds is 2. The lowest BCUT2D eigenvalue weighted by atomic mass is 9.91. The molecule has 3 rings (SSSR count). The third-order valence-electron chi connectivity index (χ3n) is 4.12. The molecule has 1 N–H and O–H groups in total. The van der Waals surface area contributed by atoms with E-state index in [1.54, 1.807) is 4.90 Å².